The second kappa shape index (κ2) is 10.4. The van der Waals surface area contributed by atoms with Crippen molar-refractivity contribution in [3.63, 3.8) is 0 Å². The van der Waals surface area contributed by atoms with E-state index >= 15 is 0 Å². The van der Waals surface area contributed by atoms with E-state index < -0.39 is 53.6 Å². The average Bonchev–Trinajstić information content (AvgIpc) is 3.58. The summed E-state index contributed by atoms with van der Waals surface area (Å²) < 4.78 is 68.0. The van der Waals surface area contributed by atoms with Crippen LogP contribution in [0.25, 0.3) is 0 Å². The number of halogens is 6. The minimum absolute atomic E-state index is 0.128. The number of piperazine rings is 1. The number of aromatic nitrogens is 2. The Balaban J connectivity index is 1.67. The van der Waals surface area contributed by atoms with Gasteiger partial charge >= 0.3 is 12.1 Å². The number of carboxylic acid groups (broad SMARTS) is 1. The van der Waals surface area contributed by atoms with Crippen molar-refractivity contribution in [2.24, 2.45) is 0 Å². The number of carboxylic acids is 1. The molecule has 1 aliphatic heterocycles. The highest BCUT2D eigenvalue weighted by molar-refractivity contribution is 6.32. The Morgan fingerprint density at radius 2 is 2.00 bits per heavy atom. The molecule has 2 heterocycles. The minimum Gasteiger partial charge on any atom is -0.478 e. The SMILES string of the molecule is C[C@H]1CN(c2ccc(NC(=O)[C@H](CC(F)F)n3nc(C(F)(F)F)c(Cl)c3C3CC3)c(C(=O)O)c2)CCN1. The predicted octanol–water partition coefficient (Wildman–Crippen LogP) is 4.76. The van der Waals surface area contributed by atoms with Crippen LogP contribution < -0.4 is 15.5 Å². The quantitative estimate of drug-likeness (QED) is 0.411. The maximum Gasteiger partial charge on any atom is 0.436 e. The number of hydrogen-bond acceptors (Lipinski definition) is 5. The first kappa shape index (κ1) is 27.1. The third-order valence-corrected chi connectivity index (χ3v) is 6.72. The van der Waals surface area contributed by atoms with Crippen LogP contribution in [0.15, 0.2) is 18.2 Å². The Labute approximate surface area is 213 Å². The van der Waals surface area contributed by atoms with E-state index in [0.29, 0.717) is 42.8 Å². The lowest BCUT2D eigenvalue weighted by molar-refractivity contribution is -0.141. The molecule has 0 spiro atoms. The third kappa shape index (κ3) is 5.98. The van der Waals surface area contributed by atoms with Gasteiger partial charge in [-0.05, 0) is 38.0 Å². The zero-order chi connectivity index (χ0) is 27.1. The number of carbonyl (C=O) groups excluding carboxylic acids is 1. The molecule has 1 saturated carbocycles. The van der Waals surface area contributed by atoms with Gasteiger partial charge in [0.25, 0.3) is 0 Å². The second-order valence-electron chi connectivity index (χ2n) is 9.23. The van der Waals surface area contributed by atoms with Crippen LogP contribution in [0.5, 0.6) is 0 Å². The lowest BCUT2D eigenvalue weighted by Gasteiger charge is -2.34. The molecule has 2 fully saturated rings. The number of nitrogens with one attached hydrogen (secondary N) is 2. The Kier molecular flexibility index (Phi) is 7.65. The van der Waals surface area contributed by atoms with E-state index in [4.69, 9.17) is 11.6 Å². The van der Waals surface area contributed by atoms with Crippen molar-refractivity contribution in [2.45, 2.75) is 56.8 Å². The molecule has 2 aliphatic rings. The molecule has 0 radical (unpaired) electrons. The van der Waals surface area contributed by atoms with Crippen LogP contribution >= 0.6 is 11.6 Å². The van der Waals surface area contributed by atoms with Crippen LogP contribution in [0.3, 0.4) is 0 Å². The van der Waals surface area contributed by atoms with Gasteiger partial charge in [0, 0.05) is 43.7 Å². The average molecular weight is 550 g/mol. The largest absolute Gasteiger partial charge is 0.478 e. The molecular formula is C23H25ClF5N5O3. The van der Waals surface area contributed by atoms with Gasteiger partial charge in [0.15, 0.2) is 5.69 Å². The first-order valence-corrected chi connectivity index (χ1v) is 12.0. The molecule has 2 atom stereocenters. The highest BCUT2D eigenvalue weighted by Gasteiger charge is 2.44. The Bertz CT molecular complexity index is 1180. The van der Waals surface area contributed by atoms with Crippen LogP contribution in [0, 0.1) is 0 Å². The molecule has 1 saturated heterocycles. The third-order valence-electron chi connectivity index (χ3n) is 6.34. The Hall–Kier alpha value is -2.93. The monoisotopic (exact) mass is 549 g/mol. The number of aromatic carboxylic acids is 1. The number of nitrogens with zero attached hydrogens (tertiary/aromatic N) is 3. The summed E-state index contributed by atoms with van der Waals surface area (Å²) in [6.45, 7) is 3.90. The lowest BCUT2D eigenvalue weighted by atomic mass is 10.1. The number of benzene rings is 1. The molecule has 1 amide bonds. The van der Waals surface area contributed by atoms with Crippen LogP contribution in [0.1, 0.15) is 59.9 Å². The van der Waals surface area contributed by atoms with Gasteiger partial charge in [-0.1, -0.05) is 11.6 Å². The molecule has 202 valence electrons. The highest BCUT2D eigenvalue weighted by atomic mass is 35.5. The van der Waals surface area contributed by atoms with E-state index in [1.54, 1.807) is 6.07 Å². The van der Waals surface area contributed by atoms with Crippen molar-refractivity contribution < 1.29 is 36.6 Å². The first-order valence-electron chi connectivity index (χ1n) is 11.7. The molecule has 0 bridgehead atoms. The van der Waals surface area contributed by atoms with Crippen molar-refractivity contribution in [2.75, 3.05) is 29.9 Å². The fraction of sp³-hybridized carbons (Fsp3) is 0.522. The summed E-state index contributed by atoms with van der Waals surface area (Å²) in [6, 6.07) is 2.60. The van der Waals surface area contributed by atoms with E-state index in [1.807, 2.05) is 11.8 Å². The molecule has 37 heavy (non-hydrogen) atoms. The van der Waals surface area contributed by atoms with E-state index in [9.17, 15) is 36.6 Å². The molecule has 8 nitrogen and oxygen atoms in total. The van der Waals surface area contributed by atoms with Crippen molar-refractivity contribution in [3.8, 4) is 0 Å². The van der Waals surface area contributed by atoms with E-state index in [2.05, 4.69) is 15.7 Å². The van der Waals surface area contributed by atoms with E-state index in [0.717, 1.165) is 0 Å². The van der Waals surface area contributed by atoms with Crippen LogP contribution in [0.2, 0.25) is 5.02 Å². The van der Waals surface area contributed by atoms with Crippen LogP contribution in [-0.4, -0.2) is 58.9 Å². The van der Waals surface area contributed by atoms with Gasteiger partial charge in [-0.25, -0.2) is 13.6 Å². The fourth-order valence-electron chi connectivity index (χ4n) is 4.45. The smallest absolute Gasteiger partial charge is 0.436 e. The summed E-state index contributed by atoms with van der Waals surface area (Å²) in [5.74, 6) is -2.94. The van der Waals surface area contributed by atoms with E-state index in [-0.39, 0.29) is 23.0 Å². The van der Waals surface area contributed by atoms with Gasteiger partial charge in [-0.2, -0.15) is 18.3 Å². The normalized spacial score (nSPS) is 19.2. The number of hydrogen-bond donors (Lipinski definition) is 3. The molecule has 0 unspecified atom stereocenters. The summed E-state index contributed by atoms with van der Waals surface area (Å²) in [5, 5.41) is 18.0. The van der Waals surface area contributed by atoms with Gasteiger partial charge in [-0.3, -0.25) is 9.48 Å². The number of rotatable bonds is 8. The topological polar surface area (TPSA) is 99.5 Å². The maximum atomic E-state index is 13.5. The van der Waals surface area contributed by atoms with Gasteiger partial charge < -0.3 is 20.6 Å². The maximum absolute atomic E-state index is 13.5. The molecule has 1 aromatic carbocycles. The Morgan fingerprint density at radius 1 is 1.30 bits per heavy atom. The number of anilines is 2. The van der Waals surface area contributed by atoms with Crippen molar-refractivity contribution in [3.05, 3.63) is 40.2 Å². The van der Waals surface area contributed by atoms with Crippen molar-refractivity contribution in [1.29, 1.82) is 0 Å². The number of amides is 1. The summed E-state index contributed by atoms with van der Waals surface area (Å²) in [5.41, 5.74) is -1.45. The van der Waals surface area contributed by atoms with Crippen molar-refractivity contribution >= 4 is 34.9 Å². The standard InChI is InChI=1S/C23H25ClF5N5O3/c1-11-10-33(7-6-30-11)13-4-5-15(14(8-13)22(36)37)31-21(35)16(9-17(25)26)34-19(12-2-3-12)18(24)20(32-34)23(27,28)29/h4-5,8,11-12,16-17,30H,2-3,6-7,9-10H2,1H3,(H,31,35)(H,36,37)/t11-,16-/m0/s1. The molecule has 14 heteroatoms. The molecule has 2 aromatic rings. The highest BCUT2D eigenvalue weighted by Crippen LogP contribution is 2.48. The molecular weight excluding hydrogens is 525 g/mol. The summed E-state index contributed by atoms with van der Waals surface area (Å²) in [4.78, 5) is 27.1. The summed E-state index contributed by atoms with van der Waals surface area (Å²) in [6.07, 6.45) is -8.20. The van der Waals surface area contributed by atoms with E-state index in [1.165, 1.54) is 12.1 Å². The number of alkyl halides is 5. The van der Waals surface area contributed by atoms with Gasteiger partial charge in [0.1, 0.15) is 6.04 Å². The molecule has 1 aromatic heterocycles. The Morgan fingerprint density at radius 3 is 2.57 bits per heavy atom. The fourth-order valence-corrected chi connectivity index (χ4v) is 4.84. The second-order valence-corrected chi connectivity index (χ2v) is 9.61. The van der Waals surface area contributed by atoms with Gasteiger partial charge in [0.05, 0.1) is 22.0 Å². The molecule has 3 N–H and O–H groups in total. The van der Waals surface area contributed by atoms with Gasteiger partial charge in [0.2, 0.25) is 12.3 Å². The summed E-state index contributed by atoms with van der Waals surface area (Å²) in [7, 11) is 0. The first-order chi connectivity index (χ1) is 17.4. The summed E-state index contributed by atoms with van der Waals surface area (Å²) >= 11 is 5.95. The number of carbonyl (C=O) groups is 2. The van der Waals surface area contributed by atoms with Crippen LogP contribution in [-0.2, 0) is 11.0 Å². The predicted molar refractivity (Wildman–Crippen MR) is 126 cm³/mol. The minimum atomic E-state index is -4.95. The molecule has 4 rings (SSSR count). The zero-order valence-corrected chi connectivity index (χ0v) is 20.4. The lowest BCUT2D eigenvalue weighted by Crippen LogP contribution is -2.49. The van der Waals surface area contributed by atoms with Gasteiger partial charge in [-0.15, -0.1) is 0 Å². The van der Waals surface area contributed by atoms with Crippen LogP contribution in [0.4, 0.5) is 33.3 Å². The molecule has 1 aliphatic carbocycles. The zero-order valence-electron chi connectivity index (χ0n) is 19.7. The van der Waals surface area contributed by atoms with Crippen molar-refractivity contribution in [1.82, 2.24) is 15.1 Å².